The van der Waals surface area contributed by atoms with Crippen molar-refractivity contribution < 1.29 is 14.7 Å². The van der Waals surface area contributed by atoms with Crippen molar-refractivity contribution in [2.45, 2.75) is 26.7 Å². The van der Waals surface area contributed by atoms with Crippen LogP contribution in [-0.4, -0.2) is 67.1 Å². The summed E-state index contributed by atoms with van der Waals surface area (Å²) in [5.74, 6) is 0. The van der Waals surface area contributed by atoms with Gasteiger partial charge < -0.3 is 15.5 Å². The molecule has 0 aromatic heterocycles. The van der Waals surface area contributed by atoms with Crippen molar-refractivity contribution in [3.05, 3.63) is 67.8 Å². The first kappa shape index (κ1) is 25.4. The third-order valence-corrected chi connectivity index (χ3v) is 6.37. The van der Waals surface area contributed by atoms with Gasteiger partial charge in [-0.3, -0.25) is 25.1 Å². The van der Waals surface area contributed by atoms with Gasteiger partial charge in [0.1, 0.15) is 0 Å². The summed E-state index contributed by atoms with van der Waals surface area (Å²) in [6, 6.07) is 10.3. The summed E-state index contributed by atoms with van der Waals surface area (Å²) in [7, 11) is 0. The van der Waals surface area contributed by atoms with Crippen LogP contribution in [0.25, 0.3) is 0 Å². The molecule has 3 rings (SSSR count). The third kappa shape index (κ3) is 7.39. The summed E-state index contributed by atoms with van der Waals surface area (Å²) in [5.41, 5.74) is 3.52. The molecule has 0 unspecified atom stereocenters. The number of nitrogens with zero attached hydrogens (tertiary/aromatic N) is 3. The Labute approximate surface area is 200 Å². The minimum absolute atomic E-state index is 0.156. The van der Waals surface area contributed by atoms with Crippen molar-refractivity contribution in [2.75, 3.05) is 63.0 Å². The Bertz CT molecular complexity index is 912. The van der Waals surface area contributed by atoms with Crippen molar-refractivity contribution in [2.24, 2.45) is 0 Å². The van der Waals surface area contributed by atoms with Crippen LogP contribution in [0.1, 0.15) is 24.0 Å². The molecule has 10 heteroatoms. The van der Waals surface area contributed by atoms with E-state index in [0.717, 1.165) is 76.6 Å². The molecule has 0 amide bonds. The first-order valence-electron chi connectivity index (χ1n) is 11.9. The topological polar surface area (TPSA) is 118 Å². The maximum atomic E-state index is 10.9. The summed E-state index contributed by atoms with van der Waals surface area (Å²) >= 11 is 0. The molecule has 2 aromatic rings. The second kappa shape index (κ2) is 12.3. The van der Waals surface area contributed by atoms with Gasteiger partial charge in [0.05, 0.1) is 29.5 Å². The van der Waals surface area contributed by atoms with E-state index in [4.69, 9.17) is 0 Å². The number of benzene rings is 2. The fourth-order valence-electron chi connectivity index (χ4n) is 4.39. The van der Waals surface area contributed by atoms with E-state index < -0.39 is 0 Å². The molecule has 184 valence electrons. The first-order chi connectivity index (χ1) is 16.3. The lowest BCUT2D eigenvalue weighted by molar-refractivity contribution is -0.904. The number of nitro groups is 2. The molecule has 0 saturated carbocycles. The highest BCUT2D eigenvalue weighted by molar-refractivity contribution is 5.54. The molecule has 0 radical (unpaired) electrons. The van der Waals surface area contributed by atoms with E-state index in [0.29, 0.717) is 11.1 Å². The highest BCUT2D eigenvalue weighted by atomic mass is 16.6. The highest BCUT2D eigenvalue weighted by Crippen LogP contribution is 2.22. The highest BCUT2D eigenvalue weighted by Gasteiger charge is 2.19. The molecule has 1 saturated heterocycles. The Morgan fingerprint density at radius 3 is 1.82 bits per heavy atom. The maximum Gasteiger partial charge on any atom is 0.272 e. The van der Waals surface area contributed by atoms with Crippen LogP contribution in [0.15, 0.2) is 36.4 Å². The molecule has 0 aliphatic carbocycles. The molecule has 34 heavy (non-hydrogen) atoms. The molecular weight excluding hydrogens is 436 g/mol. The first-order valence-corrected chi connectivity index (χ1v) is 11.9. The van der Waals surface area contributed by atoms with Gasteiger partial charge in [-0.25, -0.2) is 0 Å². The molecule has 0 spiro atoms. The summed E-state index contributed by atoms with van der Waals surface area (Å²) in [6.45, 7) is 11.9. The lowest BCUT2D eigenvalue weighted by atomic mass is 10.2. The zero-order chi connectivity index (χ0) is 24.5. The number of hydrogen-bond donors (Lipinski definition) is 3. The van der Waals surface area contributed by atoms with Gasteiger partial charge in [-0.15, -0.1) is 0 Å². The van der Waals surface area contributed by atoms with Gasteiger partial charge in [-0.2, -0.15) is 0 Å². The molecule has 1 aliphatic heterocycles. The van der Waals surface area contributed by atoms with Crippen molar-refractivity contribution in [3.8, 4) is 0 Å². The smallest absolute Gasteiger partial charge is 0.272 e. The van der Waals surface area contributed by atoms with Crippen LogP contribution < -0.4 is 15.5 Å². The monoisotopic (exact) mass is 471 g/mol. The molecule has 1 heterocycles. The SMILES string of the molecule is Cc1cc(NCCCN2CC[NH+](CCCNc3ccc([N+](=O)[O-])c(C)c3)CC2)ccc1[N+](=O)[O-]. The van der Waals surface area contributed by atoms with E-state index in [1.165, 1.54) is 0 Å². The minimum atomic E-state index is -0.350. The van der Waals surface area contributed by atoms with Crippen molar-refractivity contribution in [3.63, 3.8) is 0 Å². The standard InChI is InChI=1S/C24H34N6O4/c1-19-17-21(5-7-23(19)29(31)32)25-9-3-11-27-13-15-28(16-14-27)12-4-10-26-22-6-8-24(30(33)34)20(2)18-22/h5-8,17-18,25-26H,3-4,9-16H2,1-2H3/p+1. The summed E-state index contributed by atoms with van der Waals surface area (Å²) in [6.07, 6.45) is 2.09. The van der Waals surface area contributed by atoms with Crippen LogP contribution in [0.5, 0.6) is 0 Å². The van der Waals surface area contributed by atoms with E-state index in [1.54, 1.807) is 43.0 Å². The zero-order valence-corrected chi connectivity index (χ0v) is 20.0. The normalized spacial score (nSPS) is 14.6. The van der Waals surface area contributed by atoms with Crippen molar-refractivity contribution in [1.82, 2.24) is 4.90 Å². The van der Waals surface area contributed by atoms with Crippen LogP contribution in [-0.2, 0) is 0 Å². The maximum absolute atomic E-state index is 10.9. The predicted octanol–water partition coefficient (Wildman–Crippen LogP) is 2.62. The largest absolute Gasteiger partial charge is 0.385 e. The molecule has 1 aliphatic rings. The number of quaternary nitrogens is 1. The summed E-state index contributed by atoms with van der Waals surface area (Å²) in [4.78, 5) is 25.3. The van der Waals surface area contributed by atoms with Gasteiger partial charge in [0, 0.05) is 73.8 Å². The quantitative estimate of drug-likeness (QED) is 0.247. The molecule has 3 N–H and O–H groups in total. The lowest BCUT2D eigenvalue weighted by Crippen LogP contribution is -3.14. The second-order valence-electron chi connectivity index (χ2n) is 8.92. The zero-order valence-electron chi connectivity index (χ0n) is 20.0. The molecular formula is C24H35N6O4+. The lowest BCUT2D eigenvalue weighted by Gasteiger charge is -2.32. The van der Waals surface area contributed by atoms with Crippen LogP contribution in [0.4, 0.5) is 22.7 Å². The number of piperazine rings is 1. The van der Waals surface area contributed by atoms with E-state index in [-0.39, 0.29) is 21.2 Å². The average Bonchev–Trinajstić information content (AvgIpc) is 2.80. The van der Waals surface area contributed by atoms with Gasteiger partial charge in [0.15, 0.2) is 0 Å². The predicted molar refractivity (Wildman–Crippen MR) is 134 cm³/mol. The average molecular weight is 472 g/mol. The third-order valence-electron chi connectivity index (χ3n) is 6.37. The summed E-state index contributed by atoms with van der Waals surface area (Å²) < 4.78 is 0. The minimum Gasteiger partial charge on any atom is -0.385 e. The number of anilines is 2. The van der Waals surface area contributed by atoms with Crippen LogP contribution >= 0.6 is 0 Å². The molecule has 1 fully saturated rings. The molecule has 2 aromatic carbocycles. The number of aryl methyl sites for hydroxylation is 2. The van der Waals surface area contributed by atoms with Crippen molar-refractivity contribution >= 4 is 22.7 Å². The number of nitro benzene ring substituents is 2. The van der Waals surface area contributed by atoms with Gasteiger partial charge in [0.25, 0.3) is 11.4 Å². The Morgan fingerprint density at radius 2 is 1.35 bits per heavy atom. The number of rotatable bonds is 12. The Hall–Kier alpha value is -3.24. The van der Waals surface area contributed by atoms with Crippen LogP contribution in [0, 0.1) is 34.1 Å². The van der Waals surface area contributed by atoms with E-state index in [9.17, 15) is 20.2 Å². The van der Waals surface area contributed by atoms with Gasteiger partial charge in [-0.05, 0) is 44.5 Å². The van der Waals surface area contributed by atoms with Gasteiger partial charge in [-0.1, -0.05) is 0 Å². The van der Waals surface area contributed by atoms with Crippen LogP contribution in [0.3, 0.4) is 0 Å². The Balaban J connectivity index is 1.26. The molecule has 0 bridgehead atoms. The van der Waals surface area contributed by atoms with Crippen LogP contribution in [0.2, 0.25) is 0 Å². The summed E-state index contributed by atoms with van der Waals surface area (Å²) in [5, 5.41) is 28.6. The fraction of sp³-hybridized carbons (Fsp3) is 0.500. The van der Waals surface area contributed by atoms with Crippen molar-refractivity contribution in [1.29, 1.82) is 0 Å². The Morgan fingerprint density at radius 1 is 0.853 bits per heavy atom. The molecule has 0 atom stereocenters. The second-order valence-corrected chi connectivity index (χ2v) is 8.92. The van der Waals surface area contributed by atoms with E-state index >= 15 is 0 Å². The van der Waals surface area contributed by atoms with Gasteiger partial charge in [0.2, 0.25) is 0 Å². The fourth-order valence-corrected chi connectivity index (χ4v) is 4.39. The van der Waals surface area contributed by atoms with E-state index in [1.807, 2.05) is 12.1 Å². The molecule has 10 nitrogen and oxygen atoms in total. The number of nitrogens with one attached hydrogen (secondary N) is 3. The Kier molecular flexibility index (Phi) is 9.17. The van der Waals surface area contributed by atoms with Gasteiger partial charge >= 0.3 is 0 Å². The number of hydrogen-bond acceptors (Lipinski definition) is 7. The van der Waals surface area contributed by atoms with E-state index in [2.05, 4.69) is 15.5 Å².